The van der Waals surface area contributed by atoms with Gasteiger partial charge in [-0.3, -0.25) is 4.57 Å². The number of nitrogens with zero attached hydrogens (tertiary/aromatic N) is 4. The number of rotatable bonds is 3. The van der Waals surface area contributed by atoms with Crippen LogP contribution < -0.4 is 0 Å². The maximum absolute atomic E-state index is 5.59. The Morgan fingerprint density at radius 1 is 0.290 bits per heavy atom. The Balaban J connectivity index is 1.13. The van der Waals surface area contributed by atoms with Gasteiger partial charge in [-0.2, -0.15) is 0 Å². The van der Waals surface area contributed by atoms with Gasteiger partial charge in [0.15, 0.2) is 5.82 Å². The molecule has 14 rings (SSSR count). The predicted molar refractivity (Wildman–Crippen MR) is 261 cm³/mol. The lowest BCUT2D eigenvalue weighted by molar-refractivity contribution is 1.08. The fourth-order valence-corrected chi connectivity index (χ4v) is 10.5. The molecule has 0 saturated carbocycles. The van der Waals surface area contributed by atoms with Gasteiger partial charge in [0.2, 0.25) is 0 Å². The normalized spacial score (nSPS) is 12.2. The molecule has 3 heterocycles. The Labute approximate surface area is 355 Å². The van der Waals surface area contributed by atoms with Crippen molar-refractivity contribution in [1.29, 1.82) is 0 Å². The van der Waals surface area contributed by atoms with Gasteiger partial charge < -0.3 is 4.57 Å². The van der Waals surface area contributed by atoms with Crippen molar-refractivity contribution in [3.8, 4) is 22.8 Å². The summed E-state index contributed by atoms with van der Waals surface area (Å²) in [6.45, 7) is 0. The highest BCUT2D eigenvalue weighted by molar-refractivity contribution is 6.26. The number of hydrogen-bond donors (Lipinski definition) is 0. The van der Waals surface area contributed by atoms with Crippen molar-refractivity contribution in [3.05, 3.63) is 206 Å². The van der Waals surface area contributed by atoms with Crippen molar-refractivity contribution >= 4 is 109 Å². The monoisotopic (exact) mass is 786 g/mol. The van der Waals surface area contributed by atoms with Crippen LogP contribution in [0.3, 0.4) is 0 Å². The molecule has 0 aliphatic heterocycles. The third kappa shape index (κ3) is 4.66. The molecule has 0 spiro atoms. The van der Waals surface area contributed by atoms with Crippen LogP contribution in [-0.2, 0) is 0 Å². The first-order valence-corrected chi connectivity index (χ1v) is 21.2. The van der Waals surface area contributed by atoms with E-state index in [2.05, 4.69) is 209 Å². The fourth-order valence-electron chi connectivity index (χ4n) is 10.5. The Kier molecular flexibility index (Phi) is 6.80. The minimum absolute atomic E-state index is 0.800. The number of aromatic nitrogens is 4. The summed E-state index contributed by atoms with van der Waals surface area (Å²) in [6, 6.07) is 75.0. The van der Waals surface area contributed by atoms with Crippen molar-refractivity contribution in [3.63, 3.8) is 0 Å². The van der Waals surface area contributed by atoms with Crippen molar-refractivity contribution < 1.29 is 0 Å². The molecule has 62 heavy (non-hydrogen) atoms. The van der Waals surface area contributed by atoms with E-state index in [0.717, 1.165) is 50.2 Å². The van der Waals surface area contributed by atoms with Crippen LogP contribution in [0.4, 0.5) is 0 Å². The van der Waals surface area contributed by atoms with E-state index < -0.39 is 0 Å². The quantitative estimate of drug-likeness (QED) is 0.167. The van der Waals surface area contributed by atoms with E-state index in [-0.39, 0.29) is 0 Å². The molecule has 4 heteroatoms. The highest BCUT2D eigenvalue weighted by atomic mass is 15.1. The molecule has 0 radical (unpaired) electrons. The lowest BCUT2D eigenvalue weighted by Gasteiger charge is -2.16. The molecular formula is C58H34N4. The first-order chi connectivity index (χ1) is 30.7. The molecule has 14 aromatic rings. The zero-order valence-electron chi connectivity index (χ0n) is 33.4. The fraction of sp³-hybridized carbons (Fsp3) is 0. The van der Waals surface area contributed by atoms with Crippen molar-refractivity contribution in [2.24, 2.45) is 0 Å². The third-order valence-corrected chi connectivity index (χ3v) is 13.2. The molecule has 0 fully saturated rings. The van der Waals surface area contributed by atoms with Gasteiger partial charge >= 0.3 is 0 Å². The van der Waals surface area contributed by atoms with Crippen LogP contribution in [0.15, 0.2) is 206 Å². The van der Waals surface area contributed by atoms with Gasteiger partial charge in [0.1, 0.15) is 5.69 Å². The Morgan fingerprint density at radius 3 is 1.47 bits per heavy atom. The number of benzene rings is 11. The predicted octanol–water partition coefficient (Wildman–Crippen LogP) is 15.3. The molecule has 0 amide bonds. The molecule has 0 N–H and O–H groups in total. The molecular weight excluding hydrogens is 753 g/mol. The van der Waals surface area contributed by atoms with Gasteiger partial charge in [0, 0.05) is 27.1 Å². The number of para-hydroxylation sites is 3. The zero-order valence-corrected chi connectivity index (χ0v) is 33.4. The molecule has 0 aliphatic rings. The molecule has 11 aromatic carbocycles. The molecule has 286 valence electrons. The molecule has 0 aliphatic carbocycles. The van der Waals surface area contributed by atoms with Gasteiger partial charge in [0.25, 0.3) is 0 Å². The van der Waals surface area contributed by atoms with Gasteiger partial charge in [-0.1, -0.05) is 146 Å². The Hall–Kier alpha value is -8.34. The summed E-state index contributed by atoms with van der Waals surface area (Å²) in [4.78, 5) is 11.1. The first-order valence-electron chi connectivity index (χ1n) is 21.2. The molecule has 0 atom stereocenters. The van der Waals surface area contributed by atoms with Crippen LogP contribution in [0.2, 0.25) is 0 Å². The van der Waals surface area contributed by atoms with E-state index in [1.165, 1.54) is 81.1 Å². The highest BCUT2D eigenvalue weighted by Gasteiger charge is 2.24. The minimum atomic E-state index is 0.800. The molecule has 3 aromatic heterocycles. The average Bonchev–Trinajstić information content (AvgIpc) is 3.83. The van der Waals surface area contributed by atoms with E-state index in [0.29, 0.717) is 0 Å². The van der Waals surface area contributed by atoms with Crippen LogP contribution >= 0.6 is 0 Å². The van der Waals surface area contributed by atoms with E-state index in [4.69, 9.17) is 9.97 Å². The molecule has 0 bridgehead atoms. The van der Waals surface area contributed by atoms with Crippen LogP contribution in [0.5, 0.6) is 0 Å². The summed E-state index contributed by atoms with van der Waals surface area (Å²) in [6.07, 6.45) is 0. The maximum atomic E-state index is 5.59. The summed E-state index contributed by atoms with van der Waals surface area (Å²) in [5.74, 6) is 0.800. The van der Waals surface area contributed by atoms with Gasteiger partial charge in [-0.05, 0) is 115 Å². The lowest BCUT2D eigenvalue weighted by Crippen LogP contribution is -2.04. The van der Waals surface area contributed by atoms with E-state index in [1.54, 1.807) is 0 Å². The molecule has 4 nitrogen and oxygen atoms in total. The second kappa shape index (κ2) is 12.6. The summed E-state index contributed by atoms with van der Waals surface area (Å²) in [7, 11) is 0. The topological polar surface area (TPSA) is 35.6 Å². The molecule has 0 unspecified atom stereocenters. The second-order valence-electron chi connectivity index (χ2n) is 16.5. The number of hydrogen-bond acceptors (Lipinski definition) is 2. The van der Waals surface area contributed by atoms with Crippen LogP contribution in [0.1, 0.15) is 0 Å². The summed E-state index contributed by atoms with van der Waals surface area (Å²) >= 11 is 0. The Morgan fingerprint density at radius 2 is 0.790 bits per heavy atom. The summed E-state index contributed by atoms with van der Waals surface area (Å²) in [5, 5.41) is 17.0. The van der Waals surface area contributed by atoms with Crippen LogP contribution in [0, 0.1) is 0 Å². The minimum Gasteiger partial charge on any atom is -0.309 e. The van der Waals surface area contributed by atoms with Crippen molar-refractivity contribution in [2.45, 2.75) is 0 Å². The van der Waals surface area contributed by atoms with Crippen molar-refractivity contribution in [1.82, 2.24) is 19.1 Å². The third-order valence-electron chi connectivity index (χ3n) is 13.2. The zero-order chi connectivity index (χ0) is 40.5. The largest absolute Gasteiger partial charge is 0.309 e. The Bertz CT molecular complexity index is 4190. The SMILES string of the molecule is c1ccc2cc3c(cc2c1)c1ccccc1n3-c1cccc2c1c1cc3ccccc3cc1n2-c1nc2ccccc2nc1-c1ccc2c3ccccc3c3ccccc3c2c1. The van der Waals surface area contributed by atoms with Crippen molar-refractivity contribution in [2.75, 3.05) is 0 Å². The number of fused-ring (bicyclic) bond motifs is 15. The average molecular weight is 787 g/mol. The standard InChI is InChI=1S/C58H34N4/c1-3-16-37-33-54-47(30-35(37)14-1)45-22-9-12-25-51(45)61(54)52-26-13-27-53-56(52)48-31-36-15-2-4-17-38(36)34-55(48)62(53)58-57(59-49-23-10-11-24-50(49)60-58)39-28-29-44-42-20-6-5-18-40(42)41-19-7-8-21-43(41)46(44)32-39/h1-34H. The summed E-state index contributed by atoms with van der Waals surface area (Å²) < 4.78 is 4.85. The lowest BCUT2D eigenvalue weighted by atomic mass is 9.93. The van der Waals surface area contributed by atoms with Gasteiger partial charge in [-0.25, -0.2) is 9.97 Å². The summed E-state index contributed by atoms with van der Waals surface area (Å²) in [5.41, 5.74) is 9.21. The van der Waals surface area contributed by atoms with Gasteiger partial charge in [0.05, 0.1) is 38.8 Å². The highest BCUT2D eigenvalue weighted by Crippen LogP contribution is 2.44. The van der Waals surface area contributed by atoms with E-state index >= 15 is 0 Å². The van der Waals surface area contributed by atoms with Crippen LogP contribution in [-0.4, -0.2) is 19.1 Å². The smallest absolute Gasteiger partial charge is 0.165 e. The van der Waals surface area contributed by atoms with E-state index in [1.807, 2.05) is 6.07 Å². The van der Waals surface area contributed by atoms with Crippen LogP contribution in [0.25, 0.3) is 131 Å². The second-order valence-corrected chi connectivity index (χ2v) is 16.5. The first kappa shape index (κ1) is 33.5. The van der Waals surface area contributed by atoms with Gasteiger partial charge in [-0.15, -0.1) is 0 Å². The maximum Gasteiger partial charge on any atom is 0.165 e. The molecule has 0 saturated heterocycles. The van der Waals surface area contributed by atoms with E-state index in [9.17, 15) is 0 Å².